The zero-order valence-electron chi connectivity index (χ0n) is 7.84. The topological polar surface area (TPSA) is 57.5 Å². The number of allylic oxidation sites excluding steroid dienone is 1. The van der Waals surface area contributed by atoms with Crippen LogP contribution >= 0.6 is 0 Å². The maximum absolute atomic E-state index is 10.7. The molecule has 0 heterocycles. The minimum absolute atomic E-state index is 0.0417. The first-order valence-corrected chi connectivity index (χ1v) is 4.24. The van der Waals surface area contributed by atoms with Crippen LogP contribution in [0.25, 0.3) is 6.08 Å². The minimum Gasteiger partial charge on any atom is -0.423 e. The lowest BCUT2D eigenvalue weighted by Crippen LogP contribution is -2.29. The third-order valence-corrected chi connectivity index (χ3v) is 1.72. The molecule has 0 saturated heterocycles. The molecule has 0 radical (unpaired) electrons. The fourth-order valence-corrected chi connectivity index (χ4v) is 1.04. The van der Waals surface area contributed by atoms with Gasteiger partial charge in [0, 0.05) is 0 Å². The zero-order valence-corrected chi connectivity index (χ0v) is 7.84. The lowest BCUT2D eigenvalue weighted by atomic mass is 9.79. The van der Waals surface area contributed by atoms with E-state index in [4.69, 9.17) is 10.0 Å². The third-order valence-electron chi connectivity index (χ3n) is 1.72. The maximum Gasteiger partial charge on any atom is 0.488 e. The summed E-state index contributed by atoms with van der Waals surface area (Å²) in [6.07, 6.45) is 3.07. The second kappa shape index (κ2) is 4.74. The molecule has 14 heavy (non-hydrogen) atoms. The molecule has 0 atom stereocenters. The number of ketones is 1. The van der Waals surface area contributed by atoms with Crippen LogP contribution in [0.4, 0.5) is 0 Å². The molecule has 1 aromatic rings. The minimum atomic E-state index is -1.47. The van der Waals surface area contributed by atoms with Gasteiger partial charge >= 0.3 is 7.12 Å². The van der Waals surface area contributed by atoms with Gasteiger partial charge in [-0.2, -0.15) is 0 Å². The molecule has 3 nitrogen and oxygen atoms in total. The van der Waals surface area contributed by atoms with E-state index in [1.807, 2.05) is 0 Å². The van der Waals surface area contributed by atoms with Crippen LogP contribution in [-0.4, -0.2) is 22.9 Å². The van der Waals surface area contributed by atoms with E-state index in [1.165, 1.54) is 13.0 Å². The molecule has 0 spiro atoms. The Morgan fingerprint density at radius 3 is 2.71 bits per heavy atom. The Bertz CT molecular complexity index is 358. The van der Waals surface area contributed by atoms with Gasteiger partial charge in [-0.1, -0.05) is 30.3 Å². The molecule has 0 aliphatic carbocycles. The number of carbonyl (C=O) groups excluding carboxylic acids is 1. The molecule has 0 aliphatic rings. The summed E-state index contributed by atoms with van der Waals surface area (Å²) < 4.78 is 0. The van der Waals surface area contributed by atoms with Crippen LogP contribution in [0.3, 0.4) is 0 Å². The largest absolute Gasteiger partial charge is 0.488 e. The van der Waals surface area contributed by atoms with Gasteiger partial charge in [0.2, 0.25) is 0 Å². The summed E-state index contributed by atoms with van der Waals surface area (Å²) in [7, 11) is -1.47. The van der Waals surface area contributed by atoms with Gasteiger partial charge in [0.1, 0.15) is 0 Å². The Kier molecular flexibility index (Phi) is 3.62. The van der Waals surface area contributed by atoms with Crippen LogP contribution in [0.5, 0.6) is 0 Å². The number of carbonyl (C=O) groups is 1. The van der Waals surface area contributed by atoms with E-state index >= 15 is 0 Å². The fourth-order valence-electron chi connectivity index (χ4n) is 1.04. The Hall–Kier alpha value is -1.39. The van der Waals surface area contributed by atoms with Crippen LogP contribution < -0.4 is 5.46 Å². The van der Waals surface area contributed by atoms with Crippen LogP contribution in [0.2, 0.25) is 0 Å². The van der Waals surface area contributed by atoms with Crippen LogP contribution in [0, 0.1) is 0 Å². The molecule has 0 aliphatic heterocycles. The summed E-state index contributed by atoms with van der Waals surface area (Å²) in [6, 6.07) is 6.71. The highest BCUT2D eigenvalue weighted by atomic mass is 16.4. The maximum atomic E-state index is 10.7. The van der Waals surface area contributed by atoms with Crippen molar-refractivity contribution in [3.63, 3.8) is 0 Å². The van der Waals surface area contributed by atoms with E-state index in [0.717, 1.165) is 5.56 Å². The van der Waals surface area contributed by atoms with Crippen molar-refractivity contribution in [3.8, 4) is 0 Å². The molecule has 4 heteroatoms. The van der Waals surface area contributed by atoms with Gasteiger partial charge < -0.3 is 10.0 Å². The average Bonchev–Trinajstić information content (AvgIpc) is 2.15. The molecular weight excluding hydrogens is 179 g/mol. The summed E-state index contributed by atoms with van der Waals surface area (Å²) in [5.74, 6) is -0.0417. The van der Waals surface area contributed by atoms with Crippen molar-refractivity contribution in [2.45, 2.75) is 6.92 Å². The van der Waals surface area contributed by atoms with E-state index in [2.05, 4.69) is 0 Å². The van der Waals surface area contributed by atoms with E-state index in [0.29, 0.717) is 5.46 Å². The van der Waals surface area contributed by atoms with Crippen LogP contribution in [-0.2, 0) is 4.79 Å². The van der Waals surface area contributed by atoms with Crippen LogP contribution in [0.1, 0.15) is 12.5 Å². The smallest absolute Gasteiger partial charge is 0.423 e. The molecule has 0 saturated carbocycles. The standard InChI is InChI=1S/C10H11BO3/c1-8(12)5-6-9-3-2-4-10(7-9)11(13)14/h2-7,13-14H,1H3/b6-5+. The lowest BCUT2D eigenvalue weighted by Gasteiger charge is -1.99. The molecule has 0 aromatic heterocycles. The second-order valence-corrected chi connectivity index (χ2v) is 2.99. The lowest BCUT2D eigenvalue weighted by molar-refractivity contribution is -0.112. The van der Waals surface area contributed by atoms with Crippen molar-refractivity contribution in [1.29, 1.82) is 0 Å². The molecule has 0 unspecified atom stereocenters. The molecular formula is C10H11BO3. The number of hydrogen-bond acceptors (Lipinski definition) is 3. The summed E-state index contributed by atoms with van der Waals surface area (Å²) in [4.78, 5) is 10.7. The number of rotatable bonds is 3. The quantitative estimate of drug-likeness (QED) is 0.519. The molecule has 0 amide bonds. The molecule has 0 bridgehead atoms. The molecule has 2 N–H and O–H groups in total. The second-order valence-electron chi connectivity index (χ2n) is 2.99. The summed E-state index contributed by atoms with van der Waals surface area (Å²) in [5.41, 5.74) is 1.18. The fraction of sp³-hybridized carbons (Fsp3) is 0.100. The first-order valence-electron chi connectivity index (χ1n) is 4.24. The van der Waals surface area contributed by atoms with Crippen molar-refractivity contribution in [3.05, 3.63) is 35.9 Å². The van der Waals surface area contributed by atoms with Crippen molar-refractivity contribution < 1.29 is 14.8 Å². The van der Waals surface area contributed by atoms with E-state index in [9.17, 15) is 4.79 Å². The van der Waals surface area contributed by atoms with Crippen molar-refractivity contribution in [2.24, 2.45) is 0 Å². The molecule has 0 fully saturated rings. The van der Waals surface area contributed by atoms with Gasteiger partial charge in [0.25, 0.3) is 0 Å². The van der Waals surface area contributed by atoms with Gasteiger partial charge in [-0.05, 0) is 24.0 Å². The molecule has 1 aromatic carbocycles. The van der Waals surface area contributed by atoms with Gasteiger partial charge in [0.05, 0.1) is 0 Å². The van der Waals surface area contributed by atoms with Gasteiger partial charge in [-0.15, -0.1) is 0 Å². The first kappa shape index (κ1) is 10.7. The highest BCUT2D eigenvalue weighted by molar-refractivity contribution is 6.58. The highest BCUT2D eigenvalue weighted by Crippen LogP contribution is 2.00. The Morgan fingerprint density at radius 2 is 2.14 bits per heavy atom. The average molecular weight is 190 g/mol. The monoisotopic (exact) mass is 190 g/mol. The predicted molar refractivity (Wildman–Crippen MR) is 56.0 cm³/mol. The van der Waals surface area contributed by atoms with Gasteiger partial charge in [-0.25, -0.2) is 0 Å². The van der Waals surface area contributed by atoms with Gasteiger partial charge in [-0.3, -0.25) is 4.79 Å². The number of hydrogen-bond donors (Lipinski definition) is 2. The summed E-state index contributed by atoms with van der Waals surface area (Å²) >= 11 is 0. The number of benzene rings is 1. The molecule has 72 valence electrons. The van der Waals surface area contributed by atoms with Gasteiger partial charge in [0.15, 0.2) is 5.78 Å². The first-order chi connectivity index (χ1) is 6.59. The Balaban J connectivity index is 2.89. The summed E-state index contributed by atoms with van der Waals surface area (Å²) in [6.45, 7) is 1.46. The highest BCUT2D eigenvalue weighted by Gasteiger charge is 2.09. The zero-order chi connectivity index (χ0) is 10.6. The van der Waals surface area contributed by atoms with E-state index in [-0.39, 0.29) is 5.78 Å². The normalized spacial score (nSPS) is 10.5. The SMILES string of the molecule is CC(=O)/C=C/c1cccc(B(O)O)c1. The van der Waals surface area contributed by atoms with E-state index in [1.54, 1.807) is 30.3 Å². The van der Waals surface area contributed by atoms with Crippen LogP contribution in [0.15, 0.2) is 30.3 Å². The van der Waals surface area contributed by atoms with Crippen molar-refractivity contribution in [2.75, 3.05) is 0 Å². The predicted octanol–water partition coefficient (Wildman–Crippen LogP) is -0.0314. The van der Waals surface area contributed by atoms with Crippen molar-refractivity contribution in [1.82, 2.24) is 0 Å². The Labute approximate surface area is 82.8 Å². The van der Waals surface area contributed by atoms with Crippen molar-refractivity contribution >= 4 is 24.4 Å². The molecule has 1 rings (SSSR count). The Morgan fingerprint density at radius 1 is 1.43 bits per heavy atom. The third kappa shape index (κ3) is 3.16. The van der Waals surface area contributed by atoms with E-state index < -0.39 is 7.12 Å². The summed E-state index contributed by atoms with van der Waals surface area (Å²) in [5, 5.41) is 17.8.